The molecule has 3 aromatic rings. The second kappa shape index (κ2) is 5.00. The van der Waals surface area contributed by atoms with E-state index < -0.39 is 0 Å². The molecule has 0 fully saturated rings. The van der Waals surface area contributed by atoms with Gasteiger partial charge in [-0.3, -0.25) is 4.79 Å². The molecule has 2 heterocycles. The molecule has 2 N–H and O–H groups in total. The molecule has 0 radical (unpaired) electrons. The van der Waals surface area contributed by atoms with Crippen molar-refractivity contribution >= 4 is 23.2 Å². The molecule has 20 heavy (non-hydrogen) atoms. The quantitative estimate of drug-likeness (QED) is 0.564. The highest BCUT2D eigenvalue weighted by molar-refractivity contribution is 5.97. The third kappa shape index (κ3) is 2.44. The van der Waals surface area contributed by atoms with E-state index in [-0.39, 0.29) is 5.91 Å². The molecular weight excluding hydrogens is 256 g/mol. The van der Waals surface area contributed by atoms with Crippen LogP contribution in [0, 0.1) is 6.92 Å². The van der Waals surface area contributed by atoms with Gasteiger partial charge in [0.2, 0.25) is 0 Å². The van der Waals surface area contributed by atoms with E-state index in [9.17, 15) is 4.79 Å². The Bertz CT molecular complexity index is 785. The third-order valence-corrected chi connectivity index (χ3v) is 2.80. The van der Waals surface area contributed by atoms with Crippen molar-refractivity contribution in [2.75, 3.05) is 0 Å². The van der Waals surface area contributed by atoms with Gasteiger partial charge in [0.15, 0.2) is 0 Å². The number of carbonyl (C=O) groups is 1. The molecule has 0 bridgehead atoms. The van der Waals surface area contributed by atoms with Crippen molar-refractivity contribution < 1.29 is 9.21 Å². The largest absolute Gasteiger partial charge is 0.460 e. The van der Waals surface area contributed by atoms with E-state index in [0.717, 1.165) is 16.8 Å². The van der Waals surface area contributed by atoms with Crippen LogP contribution in [0.25, 0.3) is 11.0 Å². The van der Waals surface area contributed by atoms with Gasteiger partial charge in [0, 0.05) is 5.56 Å². The minimum Gasteiger partial charge on any atom is -0.460 e. The molecule has 0 saturated heterocycles. The number of imidazole rings is 1. The number of aromatic amines is 1. The SMILES string of the molecule is Cc1ccc(C=NNC(=O)c2ccc3nc[nH]c3c2)o1. The summed E-state index contributed by atoms with van der Waals surface area (Å²) in [5, 5.41) is 3.85. The molecule has 1 amide bonds. The summed E-state index contributed by atoms with van der Waals surface area (Å²) in [6.45, 7) is 1.84. The molecule has 0 aliphatic rings. The van der Waals surface area contributed by atoms with E-state index in [1.165, 1.54) is 6.21 Å². The zero-order chi connectivity index (χ0) is 13.9. The molecule has 0 aliphatic carbocycles. The van der Waals surface area contributed by atoms with E-state index in [4.69, 9.17) is 4.42 Å². The highest BCUT2D eigenvalue weighted by Gasteiger charge is 2.06. The van der Waals surface area contributed by atoms with Crippen LogP contribution in [0.4, 0.5) is 0 Å². The van der Waals surface area contributed by atoms with Gasteiger partial charge >= 0.3 is 0 Å². The first kappa shape index (κ1) is 12.2. The van der Waals surface area contributed by atoms with Crippen molar-refractivity contribution in [2.24, 2.45) is 5.10 Å². The lowest BCUT2D eigenvalue weighted by atomic mass is 10.2. The van der Waals surface area contributed by atoms with Gasteiger partial charge in [0.25, 0.3) is 5.91 Å². The van der Waals surface area contributed by atoms with Gasteiger partial charge in [-0.05, 0) is 37.3 Å². The van der Waals surface area contributed by atoms with E-state index >= 15 is 0 Å². The molecule has 2 aromatic heterocycles. The summed E-state index contributed by atoms with van der Waals surface area (Å²) < 4.78 is 5.30. The van der Waals surface area contributed by atoms with Crippen LogP contribution in [0.1, 0.15) is 21.9 Å². The van der Waals surface area contributed by atoms with E-state index in [2.05, 4.69) is 20.5 Å². The summed E-state index contributed by atoms with van der Waals surface area (Å²) >= 11 is 0. The fraction of sp³-hybridized carbons (Fsp3) is 0.0714. The molecule has 6 heteroatoms. The number of hydrogen-bond acceptors (Lipinski definition) is 4. The minimum absolute atomic E-state index is 0.291. The molecule has 0 aliphatic heterocycles. The number of hydrazone groups is 1. The first-order chi connectivity index (χ1) is 9.72. The first-order valence-electron chi connectivity index (χ1n) is 6.05. The van der Waals surface area contributed by atoms with Crippen LogP contribution in [-0.4, -0.2) is 22.1 Å². The predicted molar refractivity (Wildman–Crippen MR) is 74.6 cm³/mol. The Kier molecular flexibility index (Phi) is 3.04. The molecule has 0 spiro atoms. The zero-order valence-electron chi connectivity index (χ0n) is 10.8. The average Bonchev–Trinajstić information content (AvgIpc) is 3.06. The molecule has 100 valence electrons. The van der Waals surface area contributed by atoms with Crippen molar-refractivity contribution in [1.29, 1.82) is 0 Å². The lowest BCUT2D eigenvalue weighted by Crippen LogP contribution is -2.17. The van der Waals surface area contributed by atoms with Crippen molar-refractivity contribution in [1.82, 2.24) is 15.4 Å². The van der Waals surface area contributed by atoms with Gasteiger partial charge < -0.3 is 9.40 Å². The highest BCUT2D eigenvalue weighted by atomic mass is 16.3. The van der Waals surface area contributed by atoms with Crippen molar-refractivity contribution in [3.63, 3.8) is 0 Å². The monoisotopic (exact) mass is 268 g/mol. The number of nitrogens with zero attached hydrogens (tertiary/aromatic N) is 2. The molecule has 3 rings (SSSR count). The number of benzene rings is 1. The Morgan fingerprint density at radius 3 is 3.10 bits per heavy atom. The standard InChI is InChI=1S/C14H12N4O2/c1-9-2-4-11(20-9)7-17-18-14(19)10-3-5-12-13(6-10)16-8-15-12/h2-8H,1H3,(H,15,16)(H,18,19). The van der Waals surface area contributed by atoms with Gasteiger partial charge in [-0.25, -0.2) is 10.4 Å². The summed E-state index contributed by atoms with van der Waals surface area (Å²) in [7, 11) is 0. The first-order valence-corrected chi connectivity index (χ1v) is 6.05. The number of amides is 1. The van der Waals surface area contributed by atoms with E-state index in [1.807, 2.05) is 13.0 Å². The van der Waals surface area contributed by atoms with E-state index in [1.54, 1.807) is 30.6 Å². The fourth-order valence-electron chi connectivity index (χ4n) is 1.82. The van der Waals surface area contributed by atoms with Crippen LogP contribution in [0.3, 0.4) is 0 Å². The maximum atomic E-state index is 11.9. The number of hydrogen-bond donors (Lipinski definition) is 2. The fourth-order valence-corrected chi connectivity index (χ4v) is 1.82. The lowest BCUT2D eigenvalue weighted by molar-refractivity contribution is 0.0955. The summed E-state index contributed by atoms with van der Waals surface area (Å²) in [6, 6.07) is 8.81. The smallest absolute Gasteiger partial charge is 0.271 e. The molecular formula is C14H12N4O2. The molecule has 6 nitrogen and oxygen atoms in total. The Balaban J connectivity index is 1.70. The number of aromatic nitrogens is 2. The number of fused-ring (bicyclic) bond motifs is 1. The highest BCUT2D eigenvalue weighted by Crippen LogP contribution is 2.11. The van der Waals surface area contributed by atoms with E-state index in [0.29, 0.717) is 11.3 Å². The topological polar surface area (TPSA) is 83.3 Å². The number of aryl methyl sites for hydroxylation is 1. The maximum absolute atomic E-state index is 11.9. The summed E-state index contributed by atoms with van der Waals surface area (Å²) in [5.41, 5.74) is 4.58. The molecule has 1 aromatic carbocycles. The van der Waals surface area contributed by atoms with Gasteiger partial charge in [0.1, 0.15) is 11.5 Å². The Morgan fingerprint density at radius 1 is 1.40 bits per heavy atom. The summed E-state index contributed by atoms with van der Waals surface area (Å²) in [5.74, 6) is 1.09. The molecule has 0 saturated carbocycles. The van der Waals surface area contributed by atoms with Crippen LogP contribution in [0.15, 0.2) is 46.2 Å². The Morgan fingerprint density at radius 2 is 2.30 bits per heavy atom. The third-order valence-electron chi connectivity index (χ3n) is 2.80. The summed E-state index contributed by atoms with van der Waals surface area (Å²) in [6.07, 6.45) is 3.05. The van der Waals surface area contributed by atoms with Crippen molar-refractivity contribution in [3.05, 3.63) is 53.7 Å². The van der Waals surface area contributed by atoms with Crippen LogP contribution < -0.4 is 5.43 Å². The number of nitrogens with one attached hydrogen (secondary N) is 2. The number of furan rings is 1. The number of rotatable bonds is 3. The molecule has 0 atom stereocenters. The van der Waals surface area contributed by atoms with Gasteiger partial charge in [-0.1, -0.05) is 0 Å². The number of carbonyl (C=O) groups excluding carboxylic acids is 1. The van der Waals surface area contributed by atoms with Crippen LogP contribution in [0.5, 0.6) is 0 Å². The second-order valence-corrected chi connectivity index (χ2v) is 4.28. The maximum Gasteiger partial charge on any atom is 0.271 e. The number of H-pyrrole nitrogens is 1. The zero-order valence-corrected chi connectivity index (χ0v) is 10.8. The van der Waals surface area contributed by atoms with Crippen LogP contribution in [0.2, 0.25) is 0 Å². The average molecular weight is 268 g/mol. The van der Waals surface area contributed by atoms with Crippen LogP contribution >= 0.6 is 0 Å². The normalized spacial score (nSPS) is 11.2. The van der Waals surface area contributed by atoms with Gasteiger partial charge in [0.05, 0.1) is 23.6 Å². The van der Waals surface area contributed by atoms with Crippen LogP contribution in [-0.2, 0) is 0 Å². The van der Waals surface area contributed by atoms with Crippen molar-refractivity contribution in [3.8, 4) is 0 Å². The Labute approximate surface area is 114 Å². The van der Waals surface area contributed by atoms with Crippen molar-refractivity contribution in [2.45, 2.75) is 6.92 Å². The Hall–Kier alpha value is -2.89. The summed E-state index contributed by atoms with van der Waals surface area (Å²) in [4.78, 5) is 19.0. The molecule has 0 unspecified atom stereocenters. The predicted octanol–water partition coefficient (Wildman–Crippen LogP) is 2.23. The van der Waals surface area contributed by atoms with Gasteiger partial charge in [-0.2, -0.15) is 5.10 Å². The second-order valence-electron chi connectivity index (χ2n) is 4.28. The van der Waals surface area contributed by atoms with Gasteiger partial charge in [-0.15, -0.1) is 0 Å². The minimum atomic E-state index is -0.291. The lowest BCUT2D eigenvalue weighted by Gasteiger charge is -1.99.